The van der Waals surface area contributed by atoms with E-state index < -0.39 is 10.0 Å². The Bertz CT molecular complexity index is 835. The summed E-state index contributed by atoms with van der Waals surface area (Å²) in [5.41, 5.74) is 0.410. The standard InChI is InChI=1S/C18H22N2O5S/c1-3-25-17-7-5-4-6-16(17)18(21)19-12-13-20-26(22,23)15-10-8-14(24-2)9-11-15/h4-11,20H,3,12-13H2,1-2H3,(H,19,21). The molecule has 0 aliphatic heterocycles. The molecular weight excluding hydrogens is 356 g/mol. The van der Waals surface area contributed by atoms with E-state index in [-0.39, 0.29) is 23.9 Å². The Kier molecular flexibility index (Phi) is 6.99. The number of methoxy groups -OCH3 is 1. The van der Waals surface area contributed by atoms with Crippen molar-refractivity contribution < 1.29 is 22.7 Å². The van der Waals surface area contributed by atoms with Crippen molar-refractivity contribution in [1.82, 2.24) is 10.0 Å². The quantitative estimate of drug-likeness (QED) is 0.649. The molecule has 7 nitrogen and oxygen atoms in total. The number of amides is 1. The first-order valence-electron chi connectivity index (χ1n) is 8.11. The fourth-order valence-electron chi connectivity index (χ4n) is 2.23. The summed E-state index contributed by atoms with van der Waals surface area (Å²) in [6.07, 6.45) is 0. The van der Waals surface area contributed by atoms with E-state index in [0.717, 1.165) is 0 Å². The van der Waals surface area contributed by atoms with Crippen LogP contribution < -0.4 is 19.5 Å². The normalized spacial score (nSPS) is 11.0. The lowest BCUT2D eigenvalue weighted by Gasteiger charge is -2.11. The molecule has 2 aromatic rings. The van der Waals surface area contributed by atoms with Gasteiger partial charge in [-0.15, -0.1) is 0 Å². The van der Waals surface area contributed by atoms with Crippen LogP contribution in [0.3, 0.4) is 0 Å². The average molecular weight is 378 g/mol. The van der Waals surface area contributed by atoms with Crippen molar-refractivity contribution in [3.63, 3.8) is 0 Å². The molecule has 2 rings (SSSR count). The van der Waals surface area contributed by atoms with Crippen LogP contribution in [-0.4, -0.2) is 41.1 Å². The molecule has 0 saturated heterocycles. The van der Waals surface area contributed by atoms with Gasteiger partial charge in [-0.2, -0.15) is 0 Å². The number of carbonyl (C=O) groups is 1. The zero-order valence-electron chi connectivity index (χ0n) is 14.7. The van der Waals surface area contributed by atoms with E-state index in [4.69, 9.17) is 9.47 Å². The van der Waals surface area contributed by atoms with Crippen LogP contribution in [0.2, 0.25) is 0 Å². The summed E-state index contributed by atoms with van der Waals surface area (Å²) in [6, 6.07) is 12.9. The molecule has 0 radical (unpaired) electrons. The number of hydrogen-bond donors (Lipinski definition) is 2. The first kappa shape index (κ1) is 19.7. The average Bonchev–Trinajstić information content (AvgIpc) is 2.66. The van der Waals surface area contributed by atoms with Gasteiger partial charge in [0.2, 0.25) is 10.0 Å². The van der Waals surface area contributed by atoms with Crippen molar-refractivity contribution in [3.8, 4) is 11.5 Å². The maximum absolute atomic E-state index is 12.2. The van der Waals surface area contributed by atoms with Crippen LogP contribution in [0.5, 0.6) is 11.5 Å². The van der Waals surface area contributed by atoms with Crippen LogP contribution in [-0.2, 0) is 10.0 Å². The summed E-state index contributed by atoms with van der Waals surface area (Å²) >= 11 is 0. The third-order valence-electron chi connectivity index (χ3n) is 3.50. The summed E-state index contributed by atoms with van der Waals surface area (Å²) in [5, 5.41) is 2.67. The van der Waals surface area contributed by atoms with Crippen LogP contribution in [0.15, 0.2) is 53.4 Å². The molecule has 0 aromatic heterocycles. The Morgan fingerprint density at radius 1 is 1.04 bits per heavy atom. The van der Waals surface area contributed by atoms with Gasteiger partial charge in [-0.25, -0.2) is 13.1 Å². The lowest BCUT2D eigenvalue weighted by atomic mass is 10.2. The van der Waals surface area contributed by atoms with Gasteiger partial charge in [0.05, 0.1) is 24.2 Å². The molecule has 0 heterocycles. The summed E-state index contributed by atoms with van der Waals surface area (Å²) in [6.45, 7) is 2.50. The van der Waals surface area contributed by atoms with Crippen molar-refractivity contribution in [2.45, 2.75) is 11.8 Å². The number of hydrogen-bond acceptors (Lipinski definition) is 5. The van der Waals surface area contributed by atoms with E-state index in [1.54, 1.807) is 36.4 Å². The highest BCUT2D eigenvalue weighted by Crippen LogP contribution is 2.17. The van der Waals surface area contributed by atoms with Crippen molar-refractivity contribution in [2.75, 3.05) is 26.8 Å². The van der Waals surface area contributed by atoms with Crippen LogP contribution in [0.4, 0.5) is 0 Å². The fraction of sp³-hybridized carbons (Fsp3) is 0.278. The topological polar surface area (TPSA) is 93.7 Å². The van der Waals surface area contributed by atoms with E-state index in [2.05, 4.69) is 10.0 Å². The first-order valence-corrected chi connectivity index (χ1v) is 9.60. The van der Waals surface area contributed by atoms with Gasteiger partial charge < -0.3 is 14.8 Å². The number of benzene rings is 2. The second-order valence-corrected chi connectivity index (χ2v) is 7.03. The Balaban J connectivity index is 1.88. The molecule has 0 saturated carbocycles. The van der Waals surface area contributed by atoms with Gasteiger partial charge in [-0.05, 0) is 43.3 Å². The minimum atomic E-state index is -3.65. The number of rotatable bonds is 9. The Morgan fingerprint density at radius 2 is 1.73 bits per heavy atom. The van der Waals surface area contributed by atoms with Crippen LogP contribution in [0.1, 0.15) is 17.3 Å². The number of ether oxygens (including phenoxy) is 2. The minimum Gasteiger partial charge on any atom is -0.497 e. The predicted molar refractivity (Wildman–Crippen MR) is 98.1 cm³/mol. The zero-order valence-corrected chi connectivity index (χ0v) is 15.5. The molecule has 0 atom stereocenters. The van der Waals surface area contributed by atoms with Gasteiger partial charge in [0.25, 0.3) is 5.91 Å². The van der Waals surface area contributed by atoms with E-state index in [1.165, 1.54) is 19.2 Å². The third kappa shape index (κ3) is 5.21. The second-order valence-electron chi connectivity index (χ2n) is 5.26. The van der Waals surface area contributed by atoms with E-state index >= 15 is 0 Å². The predicted octanol–water partition coefficient (Wildman–Crippen LogP) is 1.80. The molecule has 0 fully saturated rings. The molecule has 2 N–H and O–H groups in total. The molecule has 2 aromatic carbocycles. The van der Waals surface area contributed by atoms with Crippen molar-refractivity contribution in [1.29, 1.82) is 0 Å². The number of nitrogens with one attached hydrogen (secondary N) is 2. The molecular formula is C18H22N2O5S. The van der Waals surface area contributed by atoms with Gasteiger partial charge in [0.15, 0.2) is 0 Å². The summed E-state index contributed by atoms with van der Waals surface area (Å²) in [4.78, 5) is 12.4. The van der Waals surface area contributed by atoms with Gasteiger partial charge in [0, 0.05) is 13.1 Å². The van der Waals surface area contributed by atoms with E-state index in [0.29, 0.717) is 23.7 Å². The van der Waals surface area contributed by atoms with Gasteiger partial charge in [0.1, 0.15) is 11.5 Å². The molecule has 0 bridgehead atoms. The van der Waals surface area contributed by atoms with Crippen molar-refractivity contribution >= 4 is 15.9 Å². The largest absolute Gasteiger partial charge is 0.497 e. The lowest BCUT2D eigenvalue weighted by Crippen LogP contribution is -2.34. The molecule has 0 spiro atoms. The Labute approximate surface area is 153 Å². The number of para-hydroxylation sites is 1. The highest BCUT2D eigenvalue weighted by atomic mass is 32.2. The lowest BCUT2D eigenvalue weighted by molar-refractivity contribution is 0.0950. The minimum absolute atomic E-state index is 0.0664. The maximum atomic E-state index is 12.2. The van der Waals surface area contributed by atoms with Gasteiger partial charge >= 0.3 is 0 Å². The smallest absolute Gasteiger partial charge is 0.255 e. The maximum Gasteiger partial charge on any atom is 0.255 e. The van der Waals surface area contributed by atoms with Crippen molar-refractivity contribution in [3.05, 3.63) is 54.1 Å². The third-order valence-corrected chi connectivity index (χ3v) is 4.98. The van der Waals surface area contributed by atoms with Gasteiger partial charge in [-0.1, -0.05) is 12.1 Å². The second kappa shape index (κ2) is 9.21. The number of sulfonamides is 1. The molecule has 1 amide bonds. The molecule has 0 unspecified atom stereocenters. The fourth-order valence-corrected chi connectivity index (χ4v) is 3.26. The van der Waals surface area contributed by atoms with Crippen LogP contribution >= 0.6 is 0 Å². The number of carbonyl (C=O) groups excluding carboxylic acids is 1. The Hall–Kier alpha value is -2.58. The SMILES string of the molecule is CCOc1ccccc1C(=O)NCCNS(=O)(=O)c1ccc(OC)cc1. The molecule has 0 aliphatic rings. The summed E-state index contributed by atoms with van der Waals surface area (Å²) < 4.78 is 37.3. The monoisotopic (exact) mass is 378 g/mol. The zero-order chi connectivity index (χ0) is 19.0. The van der Waals surface area contributed by atoms with Crippen LogP contribution in [0.25, 0.3) is 0 Å². The molecule has 8 heteroatoms. The molecule has 0 aliphatic carbocycles. The van der Waals surface area contributed by atoms with E-state index in [9.17, 15) is 13.2 Å². The van der Waals surface area contributed by atoms with Crippen LogP contribution in [0, 0.1) is 0 Å². The summed E-state index contributed by atoms with van der Waals surface area (Å²) in [5.74, 6) is 0.744. The molecule has 26 heavy (non-hydrogen) atoms. The van der Waals surface area contributed by atoms with Gasteiger partial charge in [-0.3, -0.25) is 4.79 Å². The van der Waals surface area contributed by atoms with E-state index in [1.807, 2.05) is 6.92 Å². The Morgan fingerprint density at radius 3 is 2.38 bits per heavy atom. The first-order chi connectivity index (χ1) is 12.5. The summed E-state index contributed by atoms with van der Waals surface area (Å²) in [7, 11) is -2.14. The highest BCUT2D eigenvalue weighted by molar-refractivity contribution is 7.89. The molecule has 140 valence electrons. The van der Waals surface area contributed by atoms with Crippen molar-refractivity contribution in [2.24, 2.45) is 0 Å². The highest BCUT2D eigenvalue weighted by Gasteiger charge is 2.14.